The Kier molecular flexibility index (Phi) is 3.78. The molecule has 0 aliphatic heterocycles. The first-order valence-electron chi connectivity index (χ1n) is 2.24. The summed E-state index contributed by atoms with van der Waals surface area (Å²) in [6.07, 6.45) is 1.57. The van der Waals surface area contributed by atoms with Gasteiger partial charge in [0.1, 0.15) is 0 Å². The van der Waals surface area contributed by atoms with E-state index in [0.717, 1.165) is 0 Å². The highest BCUT2D eigenvalue weighted by Crippen LogP contribution is 1.97. The monoisotopic (exact) mass is 115 g/mol. The van der Waals surface area contributed by atoms with Gasteiger partial charge in [-0.15, -0.1) is 0 Å². The van der Waals surface area contributed by atoms with E-state index in [9.17, 15) is 0 Å². The Morgan fingerprint density at radius 3 is 2.62 bits per heavy atom. The molecule has 0 amide bonds. The van der Waals surface area contributed by atoms with E-state index in [-0.39, 0.29) is 6.61 Å². The number of nitrogens with one attached hydrogen (secondary N) is 1. The van der Waals surface area contributed by atoms with E-state index in [0.29, 0.717) is 12.1 Å². The highest BCUT2D eigenvalue weighted by atomic mass is 16.3. The van der Waals surface area contributed by atoms with E-state index < -0.39 is 0 Å². The number of hydrogen-bond acceptors (Lipinski definition) is 4. The number of rotatable bonds is 3. The van der Waals surface area contributed by atoms with Gasteiger partial charge in [0.2, 0.25) is 0 Å². The van der Waals surface area contributed by atoms with E-state index in [2.05, 4.69) is 5.11 Å². The standard InChI is InChI=1S/C4H9N3O/c5-3-4(7-6)1-2-8/h3,6,8H,1-2,5H2/b4-3-,7-6?. The Morgan fingerprint density at radius 1 is 1.88 bits per heavy atom. The Bertz CT molecular complexity index is 99.5. The summed E-state index contributed by atoms with van der Waals surface area (Å²) in [4.78, 5) is 0. The van der Waals surface area contributed by atoms with Crippen molar-refractivity contribution in [2.24, 2.45) is 10.8 Å². The molecule has 0 aromatic heterocycles. The van der Waals surface area contributed by atoms with Crippen LogP contribution in [0.4, 0.5) is 0 Å². The van der Waals surface area contributed by atoms with Gasteiger partial charge >= 0.3 is 0 Å². The molecule has 0 bridgehead atoms. The summed E-state index contributed by atoms with van der Waals surface area (Å²) in [5.41, 5.74) is 11.8. The third kappa shape index (κ3) is 2.30. The maximum Gasteiger partial charge on any atom is 0.0800 e. The number of nitrogens with zero attached hydrogens (tertiary/aromatic N) is 1. The summed E-state index contributed by atoms with van der Waals surface area (Å²) in [6.45, 7) is -0.00852. The quantitative estimate of drug-likeness (QED) is 0.459. The van der Waals surface area contributed by atoms with Crippen LogP contribution in [0.2, 0.25) is 0 Å². The minimum absolute atomic E-state index is 0.00852. The molecule has 0 fully saturated rings. The summed E-state index contributed by atoms with van der Waals surface area (Å²) in [7, 11) is 0. The highest BCUT2D eigenvalue weighted by molar-refractivity contribution is 4.94. The molecule has 0 aromatic carbocycles. The zero-order valence-electron chi connectivity index (χ0n) is 4.46. The molecule has 4 heteroatoms. The van der Waals surface area contributed by atoms with Crippen molar-refractivity contribution in [3.05, 3.63) is 11.9 Å². The summed E-state index contributed by atoms with van der Waals surface area (Å²) >= 11 is 0. The molecule has 0 rings (SSSR count). The first kappa shape index (κ1) is 7.10. The van der Waals surface area contributed by atoms with Crippen molar-refractivity contribution in [1.82, 2.24) is 0 Å². The maximum absolute atomic E-state index is 8.26. The lowest BCUT2D eigenvalue weighted by atomic mass is 10.4. The van der Waals surface area contributed by atoms with Gasteiger partial charge in [-0.3, -0.25) is 0 Å². The van der Waals surface area contributed by atoms with Crippen molar-refractivity contribution >= 4 is 0 Å². The second-order valence-corrected chi connectivity index (χ2v) is 1.24. The van der Waals surface area contributed by atoms with E-state index in [1.165, 1.54) is 6.20 Å². The van der Waals surface area contributed by atoms with Gasteiger partial charge in [0.25, 0.3) is 0 Å². The Morgan fingerprint density at radius 2 is 2.50 bits per heavy atom. The van der Waals surface area contributed by atoms with Crippen LogP contribution in [-0.2, 0) is 0 Å². The molecule has 0 spiro atoms. The van der Waals surface area contributed by atoms with Crippen molar-refractivity contribution in [1.29, 1.82) is 5.53 Å². The summed E-state index contributed by atoms with van der Waals surface area (Å²) in [5, 5.41) is 11.3. The molecule has 4 nitrogen and oxygen atoms in total. The number of aliphatic hydroxyl groups is 1. The van der Waals surface area contributed by atoms with Crippen LogP contribution in [0.15, 0.2) is 17.0 Å². The molecular formula is C4H9N3O. The molecule has 0 aliphatic carbocycles. The van der Waals surface area contributed by atoms with Crippen LogP contribution in [0.25, 0.3) is 0 Å². The predicted molar refractivity (Wildman–Crippen MR) is 29.1 cm³/mol. The first-order chi connectivity index (χ1) is 3.85. The third-order valence-corrected chi connectivity index (χ3v) is 0.704. The average Bonchev–Trinajstić information content (AvgIpc) is 1.83. The second-order valence-electron chi connectivity index (χ2n) is 1.24. The molecule has 46 valence electrons. The number of aliphatic hydroxyl groups excluding tert-OH is 1. The van der Waals surface area contributed by atoms with Crippen molar-refractivity contribution in [2.75, 3.05) is 6.61 Å². The molecule has 0 saturated carbocycles. The Balaban J connectivity index is 3.54. The van der Waals surface area contributed by atoms with Gasteiger partial charge in [-0.2, -0.15) is 5.11 Å². The second kappa shape index (κ2) is 4.26. The zero-order chi connectivity index (χ0) is 6.41. The average molecular weight is 115 g/mol. The van der Waals surface area contributed by atoms with Crippen LogP contribution >= 0.6 is 0 Å². The Labute approximate surface area is 47.5 Å². The van der Waals surface area contributed by atoms with Crippen molar-refractivity contribution < 1.29 is 5.11 Å². The van der Waals surface area contributed by atoms with E-state index in [1.807, 2.05) is 0 Å². The van der Waals surface area contributed by atoms with Crippen LogP contribution in [0.5, 0.6) is 0 Å². The molecule has 0 heterocycles. The predicted octanol–water partition coefficient (Wildman–Crippen LogP) is 0.200. The largest absolute Gasteiger partial charge is 0.403 e. The fourth-order valence-electron chi connectivity index (χ4n) is 0.291. The molecule has 0 atom stereocenters. The highest BCUT2D eigenvalue weighted by Gasteiger charge is 1.88. The van der Waals surface area contributed by atoms with E-state index in [4.69, 9.17) is 16.4 Å². The fraction of sp³-hybridized carbons (Fsp3) is 0.500. The molecule has 4 N–H and O–H groups in total. The lowest BCUT2D eigenvalue weighted by Crippen LogP contribution is -1.88. The Hall–Kier alpha value is -0.900. The number of hydrogen-bond donors (Lipinski definition) is 3. The lowest BCUT2D eigenvalue weighted by Gasteiger charge is -1.90. The van der Waals surface area contributed by atoms with Gasteiger partial charge in [-0.05, 0) is 0 Å². The van der Waals surface area contributed by atoms with Gasteiger partial charge < -0.3 is 10.8 Å². The first-order valence-corrected chi connectivity index (χ1v) is 2.24. The molecular weight excluding hydrogens is 106 g/mol. The van der Waals surface area contributed by atoms with Crippen LogP contribution in [0.3, 0.4) is 0 Å². The van der Waals surface area contributed by atoms with Crippen LogP contribution in [-0.4, -0.2) is 11.7 Å². The van der Waals surface area contributed by atoms with Crippen LogP contribution < -0.4 is 5.73 Å². The molecule has 0 saturated heterocycles. The van der Waals surface area contributed by atoms with E-state index >= 15 is 0 Å². The molecule has 0 aromatic rings. The van der Waals surface area contributed by atoms with Crippen molar-refractivity contribution in [3.63, 3.8) is 0 Å². The van der Waals surface area contributed by atoms with Gasteiger partial charge in [0.05, 0.1) is 5.70 Å². The normalized spacial score (nSPS) is 11.4. The summed E-state index contributed by atoms with van der Waals surface area (Å²) in [6, 6.07) is 0. The third-order valence-electron chi connectivity index (χ3n) is 0.704. The lowest BCUT2D eigenvalue weighted by molar-refractivity contribution is 0.298. The SMILES string of the molecule is N=N/C(=C\N)CCO. The fourth-order valence-corrected chi connectivity index (χ4v) is 0.291. The van der Waals surface area contributed by atoms with Crippen LogP contribution in [0.1, 0.15) is 6.42 Å². The van der Waals surface area contributed by atoms with Crippen molar-refractivity contribution in [3.8, 4) is 0 Å². The summed E-state index contributed by atoms with van der Waals surface area (Å²) < 4.78 is 0. The molecule has 0 radical (unpaired) electrons. The van der Waals surface area contributed by atoms with Gasteiger partial charge in [0.15, 0.2) is 0 Å². The zero-order valence-corrected chi connectivity index (χ0v) is 4.46. The van der Waals surface area contributed by atoms with Crippen molar-refractivity contribution in [2.45, 2.75) is 6.42 Å². The van der Waals surface area contributed by atoms with Gasteiger partial charge in [-0.25, -0.2) is 5.53 Å². The smallest absolute Gasteiger partial charge is 0.0800 e. The topological polar surface area (TPSA) is 82.5 Å². The summed E-state index contributed by atoms with van der Waals surface area (Å²) in [5.74, 6) is 0. The minimum Gasteiger partial charge on any atom is -0.403 e. The number of nitrogens with two attached hydrogens (primary N) is 1. The van der Waals surface area contributed by atoms with E-state index in [1.54, 1.807) is 0 Å². The molecule has 0 aliphatic rings. The maximum atomic E-state index is 8.26. The molecule has 0 unspecified atom stereocenters. The minimum atomic E-state index is -0.00852. The van der Waals surface area contributed by atoms with Crippen LogP contribution in [0, 0.1) is 5.53 Å². The molecule has 8 heavy (non-hydrogen) atoms. The van der Waals surface area contributed by atoms with Gasteiger partial charge in [-0.1, -0.05) is 0 Å². The van der Waals surface area contributed by atoms with Gasteiger partial charge in [0, 0.05) is 19.2 Å².